The number of hydroxylamine groups is 1. The third-order valence-corrected chi connectivity index (χ3v) is 3.97. The van der Waals surface area contributed by atoms with Crippen LogP contribution in [0.1, 0.15) is 15.9 Å². The quantitative estimate of drug-likeness (QED) is 0.240. The molecular weight excluding hydrogens is 375 g/mol. The van der Waals surface area contributed by atoms with Gasteiger partial charge in [-0.15, -0.1) is 0 Å². The topological polar surface area (TPSA) is 71.3 Å². The molecule has 140 valence electrons. The minimum atomic E-state index is -2.29. The predicted octanol–water partition coefficient (Wildman–Crippen LogP) is 2.86. The van der Waals surface area contributed by atoms with Gasteiger partial charge in [-0.1, -0.05) is 6.07 Å². The van der Waals surface area contributed by atoms with Crippen LogP contribution in [0.2, 0.25) is 0 Å². The zero-order valence-corrected chi connectivity index (χ0v) is 13.2. The van der Waals surface area contributed by atoms with Crippen molar-refractivity contribution in [3.8, 4) is 0 Å². The van der Waals surface area contributed by atoms with Gasteiger partial charge in [-0.2, -0.15) is 0 Å². The smallest absolute Gasteiger partial charge is 0.274 e. The Morgan fingerprint density at radius 1 is 0.963 bits per heavy atom. The third kappa shape index (κ3) is 3.04. The van der Waals surface area contributed by atoms with E-state index in [1.165, 1.54) is 23.7 Å². The highest BCUT2D eigenvalue weighted by Crippen LogP contribution is 2.23. The average molecular weight is 384 g/mol. The number of hydrogen-bond donors (Lipinski definition) is 2. The van der Waals surface area contributed by atoms with E-state index in [2.05, 4.69) is 0 Å². The lowest BCUT2D eigenvalue weighted by Crippen LogP contribution is -2.23. The fourth-order valence-corrected chi connectivity index (χ4v) is 2.57. The number of fused-ring (bicyclic) bond motifs is 1. The van der Waals surface area contributed by atoms with Gasteiger partial charge >= 0.3 is 0 Å². The van der Waals surface area contributed by atoms with Gasteiger partial charge in [0.15, 0.2) is 23.3 Å². The molecule has 0 spiro atoms. The predicted molar refractivity (Wildman–Crippen MR) is 82.8 cm³/mol. The Morgan fingerprint density at radius 3 is 2.15 bits per heavy atom. The zero-order valence-electron chi connectivity index (χ0n) is 13.2. The van der Waals surface area contributed by atoms with E-state index in [9.17, 15) is 31.5 Å². The first-order valence-electron chi connectivity index (χ1n) is 7.34. The average Bonchev–Trinajstić information content (AvgIpc) is 2.69. The van der Waals surface area contributed by atoms with Gasteiger partial charge in [-0.25, -0.2) is 27.4 Å². The van der Waals surface area contributed by atoms with Crippen LogP contribution in [0.25, 0.3) is 10.8 Å². The van der Waals surface area contributed by atoms with E-state index < -0.39 is 52.7 Å². The second kappa shape index (κ2) is 6.80. The first-order chi connectivity index (χ1) is 12.8. The molecule has 0 bridgehead atoms. The van der Waals surface area contributed by atoms with Crippen LogP contribution in [-0.4, -0.2) is 15.7 Å². The van der Waals surface area contributed by atoms with Crippen LogP contribution in [-0.2, 0) is 6.54 Å². The molecule has 10 heteroatoms. The Balaban J connectivity index is 2.15. The molecule has 2 aromatic carbocycles. The Kier molecular flexibility index (Phi) is 4.66. The standard InChI is InChI=1S/C17H9F5N2O3/c18-11-10(12(19)14(21)15(22)13(11)20)6-24-4-3-7-1-2-8(16(25)23-27)5-9(7)17(24)26/h1-5,27H,6H2,(H,23,25). The number of amides is 1. The van der Waals surface area contributed by atoms with E-state index in [-0.39, 0.29) is 10.9 Å². The summed E-state index contributed by atoms with van der Waals surface area (Å²) < 4.78 is 68.2. The summed E-state index contributed by atoms with van der Waals surface area (Å²) in [6.45, 7) is -0.920. The van der Waals surface area contributed by atoms with Crippen LogP contribution >= 0.6 is 0 Å². The number of nitrogens with zero attached hydrogens (tertiary/aromatic N) is 1. The summed E-state index contributed by atoms with van der Waals surface area (Å²) in [7, 11) is 0. The van der Waals surface area contributed by atoms with E-state index >= 15 is 0 Å². The molecule has 3 aromatic rings. The fourth-order valence-electron chi connectivity index (χ4n) is 2.57. The highest BCUT2D eigenvalue weighted by atomic mass is 19.2. The number of halogens is 5. The molecule has 0 saturated carbocycles. The zero-order chi connectivity index (χ0) is 19.9. The van der Waals surface area contributed by atoms with Crippen molar-refractivity contribution in [3.05, 3.63) is 81.0 Å². The third-order valence-electron chi connectivity index (χ3n) is 3.97. The van der Waals surface area contributed by atoms with Gasteiger partial charge in [-0.05, 0) is 23.6 Å². The molecule has 1 aromatic heterocycles. The summed E-state index contributed by atoms with van der Waals surface area (Å²) in [5.41, 5.74) is -0.685. The van der Waals surface area contributed by atoms with Crippen molar-refractivity contribution in [3.63, 3.8) is 0 Å². The Morgan fingerprint density at radius 2 is 1.56 bits per heavy atom. The first kappa shape index (κ1) is 18.5. The molecule has 0 fully saturated rings. The highest BCUT2D eigenvalue weighted by Gasteiger charge is 2.26. The second-order valence-electron chi connectivity index (χ2n) is 5.54. The molecule has 0 aliphatic rings. The summed E-state index contributed by atoms with van der Waals surface area (Å²) in [6, 6.07) is 5.20. The van der Waals surface area contributed by atoms with Crippen molar-refractivity contribution in [1.82, 2.24) is 10.0 Å². The summed E-state index contributed by atoms with van der Waals surface area (Å²) in [6.07, 6.45) is 1.12. The first-order valence-corrected chi connectivity index (χ1v) is 7.34. The van der Waals surface area contributed by atoms with E-state index in [1.807, 2.05) is 0 Å². The maximum Gasteiger partial charge on any atom is 0.274 e. The Labute approximate surface area is 147 Å². The number of nitrogens with one attached hydrogen (secondary N) is 1. The van der Waals surface area contributed by atoms with E-state index in [0.29, 0.717) is 5.39 Å². The van der Waals surface area contributed by atoms with Gasteiger partial charge in [0.2, 0.25) is 5.82 Å². The minimum absolute atomic E-state index is 0.0533. The largest absolute Gasteiger partial charge is 0.310 e. The number of carbonyl (C=O) groups is 1. The molecule has 27 heavy (non-hydrogen) atoms. The molecule has 5 nitrogen and oxygen atoms in total. The number of benzene rings is 2. The van der Waals surface area contributed by atoms with Gasteiger partial charge in [0.05, 0.1) is 6.54 Å². The number of hydrogen-bond acceptors (Lipinski definition) is 3. The van der Waals surface area contributed by atoms with Gasteiger partial charge < -0.3 is 4.57 Å². The van der Waals surface area contributed by atoms with Crippen molar-refractivity contribution in [2.45, 2.75) is 6.54 Å². The lowest BCUT2D eigenvalue weighted by atomic mass is 10.1. The maximum atomic E-state index is 13.8. The van der Waals surface area contributed by atoms with Crippen molar-refractivity contribution >= 4 is 16.7 Å². The number of pyridine rings is 1. The molecule has 0 unspecified atom stereocenters. The molecule has 1 amide bonds. The van der Waals surface area contributed by atoms with Crippen molar-refractivity contribution in [2.75, 3.05) is 0 Å². The SMILES string of the molecule is O=C(NO)c1ccc2ccn(Cc3c(F)c(F)c(F)c(F)c3F)c(=O)c2c1. The molecule has 2 N–H and O–H groups in total. The summed E-state index contributed by atoms with van der Waals surface area (Å²) in [5, 5.41) is 8.96. The molecule has 0 atom stereocenters. The number of carbonyl (C=O) groups excluding carboxylic acids is 1. The van der Waals surface area contributed by atoms with Crippen LogP contribution in [0.3, 0.4) is 0 Å². The Hall–Kier alpha value is -3.27. The molecule has 1 heterocycles. The van der Waals surface area contributed by atoms with Crippen LogP contribution < -0.4 is 11.0 Å². The monoisotopic (exact) mass is 384 g/mol. The second-order valence-corrected chi connectivity index (χ2v) is 5.54. The van der Waals surface area contributed by atoms with E-state index in [4.69, 9.17) is 5.21 Å². The molecule has 0 aliphatic heterocycles. The van der Waals surface area contributed by atoms with E-state index in [1.54, 1.807) is 0 Å². The van der Waals surface area contributed by atoms with Gasteiger partial charge in [-0.3, -0.25) is 14.8 Å². The molecule has 0 radical (unpaired) electrons. The van der Waals surface area contributed by atoms with Gasteiger partial charge in [0.25, 0.3) is 11.5 Å². The minimum Gasteiger partial charge on any atom is -0.310 e. The van der Waals surface area contributed by atoms with Gasteiger partial charge in [0, 0.05) is 22.7 Å². The van der Waals surface area contributed by atoms with Crippen LogP contribution in [0.5, 0.6) is 0 Å². The molecular formula is C17H9F5N2O3. The summed E-state index contributed by atoms with van der Waals surface area (Å²) in [5.74, 6) is -11.5. The normalized spacial score (nSPS) is 11.0. The Bertz CT molecular complexity index is 1110. The number of rotatable bonds is 3. The lowest BCUT2D eigenvalue weighted by Gasteiger charge is -2.11. The van der Waals surface area contributed by atoms with Gasteiger partial charge in [0.1, 0.15) is 0 Å². The van der Waals surface area contributed by atoms with Crippen molar-refractivity contribution in [2.24, 2.45) is 0 Å². The summed E-state index contributed by atoms with van der Waals surface area (Å²) >= 11 is 0. The van der Waals surface area contributed by atoms with Crippen LogP contribution in [0.15, 0.2) is 35.3 Å². The fraction of sp³-hybridized carbons (Fsp3) is 0.0588. The lowest BCUT2D eigenvalue weighted by molar-refractivity contribution is 0.0706. The van der Waals surface area contributed by atoms with E-state index in [0.717, 1.165) is 16.8 Å². The number of aromatic nitrogens is 1. The molecule has 0 saturated heterocycles. The molecule has 3 rings (SSSR count). The van der Waals surface area contributed by atoms with Crippen LogP contribution in [0.4, 0.5) is 22.0 Å². The van der Waals surface area contributed by atoms with Crippen LogP contribution in [0, 0.1) is 29.1 Å². The summed E-state index contributed by atoms with van der Waals surface area (Å²) in [4.78, 5) is 24.0. The van der Waals surface area contributed by atoms with Crippen molar-refractivity contribution < 1.29 is 32.0 Å². The highest BCUT2D eigenvalue weighted by molar-refractivity contribution is 5.97. The maximum absolute atomic E-state index is 13.8. The van der Waals surface area contributed by atoms with Crippen molar-refractivity contribution in [1.29, 1.82) is 0 Å². The molecule has 0 aliphatic carbocycles.